The zero-order valence-corrected chi connectivity index (χ0v) is 14.8. The maximum atomic E-state index is 11.8. The van der Waals surface area contributed by atoms with E-state index in [2.05, 4.69) is 13.8 Å². The largest absolute Gasteiger partial charge is 0.496 e. The van der Waals surface area contributed by atoms with E-state index in [0.29, 0.717) is 11.1 Å². The highest BCUT2D eigenvalue weighted by molar-refractivity contribution is 6.04. The first kappa shape index (κ1) is 17.0. The number of methoxy groups -OCH3 is 1. The smallest absolute Gasteiger partial charge is 0.336 e. The average molecular weight is 335 g/mol. The molecule has 4 heteroatoms. The second kappa shape index (κ2) is 6.55. The molecule has 0 radical (unpaired) electrons. The molecule has 0 atom stereocenters. The molecule has 0 saturated heterocycles. The van der Waals surface area contributed by atoms with Gasteiger partial charge in [-0.15, -0.1) is 0 Å². The Hall–Kier alpha value is -2.88. The molecule has 1 N–H and O–H groups in total. The predicted octanol–water partition coefficient (Wildman–Crippen LogP) is 5.04. The summed E-state index contributed by atoms with van der Waals surface area (Å²) in [5.41, 5.74) is 4.59. The van der Waals surface area contributed by atoms with E-state index >= 15 is 0 Å². The van der Waals surface area contributed by atoms with Gasteiger partial charge in [0.05, 0.1) is 23.9 Å². The van der Waals surface area contributed by atoms with Crippen molar-refractivity contribution in [2.45, 2.75) is 26.7 Å². The molecule has 1 heterocycles. The molecule has 4 nitrogen and oxygen atoms in total. The van der Waals surface area contributed by atoms with Gasteiger partial charge >= 0.3 is 5.97 Å². The van der Waals surface area contributed by atoms with Crippen LogP contribution in [0.3, 0.4) is 0 Å². The van der Waals surface area contributed by atoms with Crippen LogP contribution in [0.4, 0.5) is 0 Å². The van der Waals surface area contributed by atoms with E-state index < -0.39 is 5.97 Å². The first-order valence-corrected chi connectivity index (χ1v) is 8.24. The second-order valence-corrected chi connectivity index (χ2v) is 6.44. The molecule has 0 aliphatic heterocycles. The fourth-order valence-corrected chi connectivity index (χ4v) is 3.10. The van der Waals surface area contributed by atoms with Crippen LogP contribution in [0.15, 0.2) is 42.5 Å². The standard InChI is InChI=1S/C21H21NO3/c1-12(2)15-6-5-7-16-17(21(23)24)11-18(22-20(15)16)14-8-9-19(25-4)13(3)10-14/h5-12H,1-4H3,(H,23,24). The summed E-state index contributed by atoms with van der Waals surface area (Å²) in [4.78, 5) is 16.6. The van der Waals surface area contributed by atoms with Crippen molar-refractivity contribution in [1.29, 1.82) is 0 Å². The van der Waals surface area contributed by atoms with Crippen molar-refractivity contribution in [2.75, 3.05) is 7.11 Å². The number of aromatic carboxylic acids is 1. The number of fused-ring (bicyclic) bond motifs is 1. The van der Waals surface area contributed by atoms with Gasteiger partial charge in [0.1, 0.15) is 5.75 Å². The lowest BCUT2D eigenvalue weighted by atomic mass is 9.96. The van der Waals surface area contributed by atoms with Crippen LogP contribution in [-0.2, 0) is 0 Å². The molecule has 0 amide bonds. The molecule has 3 rings (SSSR count). The first-order valence-electron chi connectivity index (χ1n) is 8.24. The number of carbonyl (C=O) groups is 1. The van der Waals surface area contributed by atoms with Crippen molar-refractivity contribution in [2.24, 2.45) is 0 Å². The fraction of sp³-hybridized carbons (Fsp3) is 0.238. The zero-order valence-electron chi connectivity index (χ0n) is 14.8. The number of para-hydroxylation sites is 1. The molecule has 1 aromatic heterocycles. The number of aromatic nitrogens is 1. The summed E-state index contributed by atoms with van der Waals surface area (Å²) < 4.78 is 5.30. The Balaban J connectivity index is 2.31. The Morgan fingerprint density at radius 1 is 1.16 bits per heavy atom. The van der Waals surface area contributed by atoms with E-state index in [0.717, 1.165) is 28.0 Å². The summed E-state index contributed by atoms with van der Waals surface area (Å²) in [5, 5.41) is 10.3. The fourth-order valence-electron chi connectivity index (χ4n) is 3.10. The normalized spacial score (nSPS) is 11.1. The summed E-state index contributed by atoms with van der Waals surface area (Å²) in [6, 6.07) is 13.1. The topological polar surface area (TPSA) is 59.4 Å². The number of benzene rings is 2. The minimum absolute atomic E-state index is 0.255. The number of pyridine rings is 1. The lowest BCUT2D eigenvalue weighted by Crippen LogP contribution is -2.02. The van der Waals surface area contributed by atoms with E-state index in [1.807, 2.05) is 43.3 Å². The van der Waals surface area contributed by atoms with Gasteiger partial charge in [0.25, 0.3) is 0 Å². The van der Waals surface area contributed by atoms with Gasteiger partial charge in [-0.3, -0.25) is 0 Å². The van der Waals surface area contributed by atoms with Crippen molar-refractivity contribution < 1.29 is 14.6 Å². The predicted molar refractivity (Wildman–Crippen MR) is 99.5 cm³/mol. The van der Waals surface area contributed by atoms with Crippen molar-refractivity contribution in [3.63, 3.8) is 0 Å². The van der Waals surface area contributed by atoms with E-state index in [-0.39, 0.29) is 11.5 Å². The molecule has 0 fully saturated rings. The molecule has 0 aliphatic carbocycles. The number of ether oxygens (including phenoxy) is 1. The summed E-state index contributed by atoms with van der Waals surface area (Å²) in [6.07, 6.45) is 0. The minimum Gasteiger partial charge on any atom is -0.496 e. The van der Waals surface area contributed by atoms with Crippen molar-refractivity contribution >= 4 is 16.9 Å². The molecule has 0 aliphatic rings. The maximum absolute atomic E-state index is 11.8. The Morgan fingerprint density at radius 2 is 1.92 bits per heavy atom. The van der Waals surface area contributed by atoms with Gasteiger partial charge in [0.15, 0.2) is 0 Å². The number of carboxylic acids is 1. The van der Waals surface area contributed by atoms with Gasteiger partial charge in [0.2, 0.25) is 0 Å². The first-order chi connectivity index (χ1) is 11.9. The third-order valence-corrected chi connectivity index (χ3v) is 4.41. The van der Waals surface area contributed by atoms with Gasteiger partial charge in [0, 0.05) is 10.9 Å². The molecular formula is C21H21NO3. The molecule has 0 bridgehead atoms. The Kier molecular flexibility index (Phi) is 4.45. The highest BCUT2D eigenvalue weighted by Crippen LogP contribution is 2.31. The van der Waals surface area contributed by atoms with Gasteiger partial charge in [-0.25, -0.2) is 9.78 Å². The highest BCUT2D eigenvalue weighted by atomic mass is 16.5. The molecule has 0 saturated carbocycles. The van der Waals surface area contributed by atoms with Gasteiger partial charge in [-0.05, 0) is 48.2 Å². The number of carboxylic acid groups (broad SMARTS) is 1. The van der Waals surface area contributed by atoms with E-state index in [4.69, 9.17) is 9.72 Å². The third kappa shape index (κ3) is 3.07. The van der Waals surface area contributed by atoms with Crippen molar-refractivity contribution in [3.8, 4) is 17.0 Å². The van der Waals surface area contributed by atoms with Gasteiger partial charge < -0.3 is 9.84 Å². The third-order valence-electron chi connectivity index (χ3n) is 4.41. The Labute approximate surface area is 147 Å². The van der Waals surface area contributed by atoms with Crippen LogP contribution in [-0.4, -0.2) is 23.2 Å². The van der Waals surface area contributed by atoms with Crippen LogP contribution in [0.1, 0.15) is 41.3 Å². The van der Waals surface area contributed by atoms with Crippen LogP contribution in [0.25, 0.3) is 22.2 Å². The van der Waals surface area contributed by atoms with Crippen LogP contribution in [0.5, 0.6) is 5.75 Å². The van der Waals surface area contributed by atoms with E-state index in [1.54, 1.807) is 13.2 Å². The molecule has 25 heavy (non-hydrogen) atoms. The van der Waals surface area contributed by atoms with Gasteiger partial charge in [-0.2, -0.15) is 0 Å². The van der Waals surface area contributed by atoms with Crippen molar-refractivity contribution in [1.82, 2.24) is 4.98 Å². The monoisotopic (exact) mass is 335 g/mol. The number of hydrogen-bond donors (Lipinski definition) is 1. The summed E-state index contributed by atoms with van der Waals surface area (Å²) in [5.74, 6) is 0.108. The maximum Gasteiger partial charge on any atom is 0.336 e. The van der Waals surface area contributed by atoms with E-state index in [1.165, 1.54) is 0 Å². The van der Waals surface area contributed by atoms with Crippen LogP contribution in [0.2, 0.25) is 0 Å². The van der Waals surface area contributed by atoms with Crippen LogP contribution < -0.4 is 4.74 Å². The van der Waals surface area contributed by atoms with E-state index in [9.17, 15) is 9.90 Å². The SMILES string of the molecule is COc1ccc(-c2cc(C(=O)O)c3cccc(C(C)C)c3n2)cc1C. The molecular weight excluding hydrogens is 314 g/mol. The summed E-state index contributed by atoms with van der Waals surface area (Å²) in [6.45, 7) is 6.13. The Bertz CT molecular complexity index is 961. The molecule has 0 unspecified atom stereocenters. The zero-order chi connectivity index (χ0) is 18.1. The quantitative estimate of drug-likeness (QED) is 0.725. The number of rotatable bonds is 4. The molecule has 128 valence electrons. The number of aryl methyl sites for hydroxylation is 1. The summed E-state index contributed by atoms with van der Waals surface area (Å²) >= 11 is 0. The number of hydrogen-bond acceptors (Lipinski definition) is 3. The van der Waals surface area contributed by atoms with Crippen LogP contribution >= 0.6 is 0 Å². The molecule has 2 aromatic carbocycles. The lowest BCUT2D eigenvalue weighted by Gasteiger charge is -2.13. The molecule has 3 aromatic rings. The number of nitrogens with zero attached hydrogens (tertiary/aromatic N) is 1. The summed E-state index contributed by atoms with van der Waals surface area (Å²) in [7, 11) is 1.63. The van der Waals surface area contributed by atoms with Crippen LogP contribution in [0, 0.1) is 6.92 Å². The minimum atomic E-state index is -0.945. The lowest BCUT2D eigenvalue weighted by molar-refractivity contribution is 0.0699. The molecule has 0 spiro atoms. The average Bonchev–Trinajstić information content (AvgIpc) is 2.59. The highest BCUT2D eigenvalue weighted by Gasteiger charge is 2.16. The van der Waals surface area contributed by atoms with Gasteiger partial charge in [-0.1, -0.05) is 32.0 Å². The Morgan fingerprint density at radius 3 is 2.52 bits per heavy atom. The second-order valence-electron chi connectivity index (χ2n) is 6.44. The van der Waals surface area contributed by atoms with Crippen molar-refractivity contribution in [3.05, 3.63) is 59.2 Å².